The molecule has 3 rings (SSSR count). The highest BCUT2D eigenvalue weighted by molar-refractivity contribution is 7.89. The smallest absolute Gasteiger partial charge is 0.434 e. The van der Waals surface area contributed by atoms with Gasteiger partial charge in [0.15, 0.2) is 5.65 Å². The third-order valence-corrected chi connectivity index (χ3v) is 5.65. The molecule has 144 valence electrons. The Labute approximate surface area is 153 Å². The summed E-state index contributed by atoms with van der Waals surface area (Å²) in [5, 5.41) is 4.21. The predicted molar refractivity (Wildman–Crippen MR) is 94.3 cm³/mol. The van der Waals surface area contributed by atoms with Crippen molar-refractivity contribution in [2.75, 3.05) is 20.7 Å². The first-order valence-electron chi connectivity index (χ1n) is 7.83. The molecule has 0 N–H and O–H groups in total. The maximum Gasteiger partial charge on any atom is 0.516 e. The predicted octanol–water partition coefficient (Wildman–Crippen LogP) is 0.367. The van der Waals surface area contributed by atoms with Gasteiger partial charge in [-0.15, -0.1) is 5.10 Å². The molecule has 0 aliphatic rings. The Kier molecular flexibility index (Phi) is 4.61. The Morgan fingerprint density at radius 2 is 2.00 bits per heavy atom. The molecule has 0 atom stereocenters. The Balaban J connectivity index is 2.28. The van der Waals surface area contributed by atoms with Crippen molar-refractivity contribution in [3.8, 4) is 6.01 Å². The van der Waals surface area contributed by atoms with Gasteiger partial charge in [0.2, 0.25) is 10.0 Å². The Hall–Kier alpha value is -2.99. The van der Waals surface area contributed by atoms with Crippen LogP contribution < -0.4 is 10.4 Å². The lowest BCUT2D eigenvalue weighted by atomic mass is 10.2. The molecule has 0 spiro atoms. The summed E-state index contributed by atoms with van der Waals surface area (Å²) in [7, 11) is 0.645. The molecule has 0 aliphatic carbocycles. The molecule has 27 heavy (non-hydrogen) atoms. The average Bonchev–Trinajstić information content (AvgIpc) is 3.03. The summed E-state index contributed by atoms with van der Waals surface area (Å²) in [6.45, 7) is 1.71. The van der Waals surface area contributed by atoms with E-state index in [0.717, 1.165) is 8.82 Å². The number of sulfonamides is 1. The third-order valence-electron chi connectivity index (χ3n) is 3.84. The van der Waals surface area contributed by atoms with E-state index in [4.69, 9.17) is 4.74 Å². The lowest BCUT2D eigenvalue weighted by molar-refractivity contribution is 0.101. The summed E-state index contributed by atoms with van der Waals surface area (Å²) in [5.74, 6) is 0. The summed E-state index contributed by atoms with van der Waals surface area (Å²) < 4.78 is 37.6. The van der Waals surface area contributed by atoms with Crippen LogP contribution in [0.2, 0.25) is 0 Å². The van der Waals surface area contributed by atoms with Crippen LogP contribution in [0.4, 0.5) is 4.79 Å². The molecule has 2 heterocycles. The second kappa shape index (κ2) is 6.63. The van der Waals surface area contributed by atoms with Crippen molar-refractivity contribution in [1.82, 2.24) is 23.5 Å². The lowest BCUT2D eigenvalue weighted by Gasteiger charge is -2.12. The van der Waals surface area contributed by atoms with E-state index in [1.54, 1.807) is 6.92 Å². The molecular formula is C15H17N5O6S. The topological polar surface area (TPSA) is 125 Å². The number of aryl methyl sites for hydroxylation is 1. The van der Waals surface area contributed by atoms with E-state index in [2.05, 4.69) is 14.8 Å². The van der Waals surface area contributed by atoms with Gasteiger partial charge < -0.3 is 9.47 Å². The maximum atomic E-state index is 12.5. The van der Waals surface area contributed by atoms with Gasteiger partial charge in [0.1, 0.15) is 0 Å². The molecular weight excluding hydrogens is 378 g/mol. The molecule has 0 saturated carbocycles. The van der Waals surface area contributed by atoms with Crippen LogP contribution in [0, 0.1) is 0 Å². The van der Waals surface area contributed by atoms with E-state index < -0.39 is 21.9 Å². The largest absolute Gasteiger partial charge is 0.516 e. The Morgan fingerprint density at radius 3 is 2.63 bits per heavy atom. The Bertz CT molecular complexity index is 1210. The van der Waals surface area contributed by atoms with E-state index in [1.165, 1.54) is 43.9 Å². The number of hydrogen-bond acceptors (Lipinski definition) is 8. The molecule has 3 aromatic rings. The van der Waals surface area contributed by atoms with Crippen LogP contribution in [-0.4, -0.2) is 58.7 Å². The van der Waals surface area contributed by atoms with Gasteiger partial charge in [-0.1, -0.05) is 0 Å². The molecule has 0 saturated heterocycles. The molecule has 0 aliphatic heterocycles. The first-order valence-corrected chi connectivity index (χ1v) is 9.27. The number of ether oxygens (including phenoxy) is 2. The fourth-order valence-corrected chi connectivity index (χ4v) is 3.40. The summed E-state index contributed by atoms with van der Waals surface area (Å²) >= 11 is 0. The van der Waals surface area contributed by atoms with Crippen molar-refractivity contribution in [3.63, 3.8) is 0 Å². The molecule has 0 unspecified atom stereocenters. The zero-order valence-corrected chi connectivity index (χ0v) is 15.8. The van der Waals surface area contributed by atoms with Crippen LogP contribution in [0.1, 0.15) is 6.92 Å². The van der Waals surface area contributed by atoms with Gasteiger partial charge in [-0.05, 0) is 25.1 Å². The molecule has 11 nitrogen and oxygen atoms in total. The molecule has 1 aromatic carbocycles. The van der Waals surface area contributed by atoms with Gasteiger partial charge >= 0.3 is 17.9 Å². The fourth-order valence-electron chi connectivity index (χ4n) is 2.47. The van der Waals surface area contributed by atoms with Crippen LogP contribution >= 0.6 is 0 Å². The van der Waals surface area contributed by atoms with Crippen molar-refractivity contribution in [2.24, 2.45) is 7.05 Å². The van der Waals surface area contributed by atoms with Crippen LogP contribution in [0.25, 0.3) is 16.6 Å². The number of aromatic nitrogens is 4. The van der Waals surface area contributed by atoms with Crippen molar-refractivity contribution >= 4 is 32.7 Å². The quantitative estimate of drug-likeness (QED) is 0.580. The highest BCUT2D eigenvalue weighted by atomic mass is 32.2. The Morgan fingerprint density at radius 1 is 1.30 bits per heavy atom. The SMILES string of the molecule is CCOC(=O)Oc1nc2c3cc(S(=O)(=O)N(C)C)ccc3n(C)c(=O)n2n1. The van der Waals surface area contributed by atoms with Crippen LogP contribution in [0.15, 0.2) is 27.9 Å². The zero-order chi connectivity index (χ0) is 19.9. The molecule has 0 fully saturated rings. The number of hydrogen-bond donors (Lipinski definition) is 0. The average molecular weight is 395 g/mol. The van der Waals surface area contributed by atoms with E-state index in [0.29, 0.717) is 10.9 Å². The van der Waals surface area contributed by atoms with Gasteiger partial charge in [-0.25, -0.2) is 22.3 Å². The van der Waals surface area contributed by atoms with E-state index in [9.17, 15) is 18.0 Å². The van der Waals surface area contributed by atoms with Crippen molar-refractivity contribution in [2.45, 2.75) is 11.8 Å². The summed E-state index contributed by atoms with van der Waals surface area (Å²) in [6, 6.07) is 3.93. The number of fused-ring (bicyclic) bond motifs is 3. The molecule has 12 heteroatoms. The minimum Gasteiger partial charge on any atom is -0.434 e. The van der Waals surface area contributed by atoms with E-state index in [1.807, 2.05) is 0 Å². The lowest BCUT2D eigenvalue weighted by Crippen LogP contribution is -2.26. The van der Waals surface area contributed by atoms with Crippen LogP contribution in [0.5, 0.6) is 6.01 Å². The van der Waals surface area contributed by atoms with Crippen LogP contribution in [-0.2, 0) is 21.8 Å². The first-order chi connectivity index (χ1) is 12.7. The zero-order valence-electron chi connectivity index (χ0n) is 15.0. The van der Waals surface area contributed by atoms with Crippen LogP contribution in [0.3, 0.4) is 0 Å². The number of carbonyl (C=O) groups excluding carboxylic acids is 1. The third kappa shape index (κ3) is 3.13. The normalized spacial score (nSPS) is 12.0. The molecule has 0 amide bonds. The molecule has 2 aromatic heterocycles. The first kappa shape index (κ1) is 18.8. The summed E-state index contributed by atoms with van der Waals surface area (Å²) in [6.07, 6.45) is -1.01. The minimum atomic E-state index is -3.70. The second-order valence-electron chi connectivity index (χ2n) is 5.72. The van der Waals surface area contributed by atoms with Crippen molar-refractivity contribution in [1.29, 1.82) is 0 Å². The highest BCUT2D eigenvalue weighted by Crippen LogP contribution is 2.23. The second-order valence-corrected chi connectivity index (χ2v) is 7.87. The van der Waals surface area contributed by atoms with Gasteiger partial charge in [-0.3, -0.25) is 4.57 Å². The van der Waals surface area contributed by atoms with E-state index in [-0.39, 0.29) is 23.2 Å². The molecule has 0 bridgehead atoms. The standard InChI is InChI=1S/C15H17N5O6S/c1-5-25-15(22)26-13-16-12-10-8-9(27(23,24)18(2)3)6-7-11(10)19(4)14(21)20(12)17-13/h6-8H,5H2,1-4H3. The van der Waals surface area contributed by atoms with Gasteiger partial charge in [0.25, 0.3) is 0 Å². The van der Waals surface area contributed by atoms with Crippen molar-refractivity contribution in [3.05, 3.63) is 28.7 Å². The summed E-state index contributed by atoms with van der Waals surface area (Å²) in [4.78, 5) is 28.0. The minimum absolute atomic E-state index is 0.0245. The number of nitrogens with zero attached hydrogens (tertiary/aromatic N) is 5. The van der Waals surface area contributed by atoms with Gasteiger partial charge in [0.05, 0.1) is 17.0 Å². The van der Waals surface area contributed by atoms with Gasteiger partial charge in [-0.2, -0.15) is 9.50 Å². The van der Waals surface area contributed by atoms with Gasteiger partial charge in [0, 0.05) is 26.5 Å². The van der Waals surface area contributed by atoms with Crippen molar-refractivity contribution < 1.29 is 22.7 Å². The number of benzene rings is 1. The van der Waals surface area contributed by atoms with E-state index >= 15 is 0 Å². The monoisotopic (exact) mass is 395 g/mol. The maximum absolute atomic E-state index is 12.5. The molecule has 0 radical (unpaired) electrons. The highest BCUT2D eigenvalue weighted by Gasteiger charge is 2.21. The fraction of sp³-hybridized carbons (Fsp3) is 0.333. The number of carbonyl (C=O) groups is 1. The summed E-state index contributed by atoms with van der Waals surface area (Å²) in [5.41, 5.74) is -0.0320. The number of rotatable bonds is 4.